The quantitative estimate of drug-likeness (QED) is 0.253. The van der Waals surface area contributed by atoms with E-state index < -0.39 is 99.6 Å². The van der Waals surface area contributed by atoms with E-state index in [-0.39, 0.29) is 24.4 Å². The Morgan fingerprint density at radius 3 is 2.30 bits per heavy atom. The standard InChI is InChI=1S/C28H31F6N5O6S2/c1-12(2)19(38-47(3,44)45)25(43)39-11-14-18(26(14,27(29,30)31)28(32,33)34)20(39)23(42)36-16(10-13-8-9-35-22(13)41)21(40)24-37-15-6-4-5-7-17(15)46-24/h4-7,12-14,16,18-20,38H,8-11H2,1-3H3,(H,35,41)(H,36,42)/t13-,14-,16-,18-,19-,20-/m0/s1. The molecule has 6 atom stereocenters. The van der Waals surface area contributed by atoms with Crippen LogP contribution >= 0.6 is 11.3 Å². The number of hydrogen-bond donors (Lipinski definition) is 3. The van der Waals surface area contributed by atoms with Gasteiger partial charge in [0, 0.05) is 30.8 Å². The normalized spacial score (nSPS) is 25.4. The van der Waals surface area contributed by atoms with E-state index >= 15 is 0 Å². The molecule has 47 heavy (non-hydrogen) atoms. The zero-order valence-electron chi connectivity index (χ0n) is 25.1. The molecular weight excluding hydrogens is 680 g/mol. The maximum absolute atomic E-state index is 14.3. The lowest BCUT2D eigenvalue weighted by molar-refractivity contribution is -0.314. The third-order valence-corrected chi connectivity index (χ3v) is 10.8. The van der Waals surface area contributed by atoms with E-state index in [0.29, 0.717) is 15.1 Å². The van der Waals surface area contributed by atoms with Gasteiger partial charge in [-0.1, -0.05) is 26.0 Å². The number of carbonyl (C=O) groups excluding carboxylic acids is 4. The topological polar surface area (TPSA) is 155 Å². The second kappa shape index (κ2) is 12.0. The van der Waals surface area contributed by atoms with Crippen LogP contribution in [0.15, 0.2) is 24.3 Å². The molecule has 2 aliphatic heterocycles. The van der Waals surface area contributed by atoms with Crippen molar-refractivity contribution in [2.75, 3.05) is 19.3 Å². The van der Waals surface area contributed by atoms with Crippen molar-refractivity contribution in [2.45, 2.75) is 57.2 Å². The lowest BCUT2D eigenvalue weighted by Crippen LogP contribution is -2.60. The fraction of sp³-hybridized carbons (Fsp3) is 0.607. The number of likely N-dealkylation sites (tertiary alicyclic amines) is 1. The summed E-state index contributed by atoms with van der Waals surface area (Å²) in [5.41, 5.74) is -3.88. The van der Waals surface area contributed by atoms with E-state index in [1.54, 1.807) is 24.3 Å². The van der Waals surface area contributed by atoms with E-state index in [1.165, 1.54) is 13.8 Å². The van der Waals surface area contributed by atoms with Gasteiger partial charge in [-0.15, -0.1) is 11.3 Å². The number of fused-ring (bicyclic) bond motifs is 2. The summed E-state index contributed by atoms with van der Waals surface area (Å²) in [7, 11) is -4.09. The van der Waals surface area contributed by atoms with Crippen LogP contribution in [0.3, 0.4) is 0 Å². The Morgan fingerprint density at radius 2 is 1.77 bits per heavy atom. The summed E-state index contributed by atoms with van der Waals surface area (Å²) < 4.78 is 112. The Hall–Kier alpha value is -3.32. The third kappa shape index (κ3) is 6.21. The molecule has 5 rings (SSSR count). The summed E-state index contributed by atoms with van der Waals surface area (Å²) in [5.74, 6) is -10.3. The SMILES string of the molecule is CC(C)[C@H](NS(C)(=O)=O)C(=O)N1C[C@H]2[C@@H]([C@H]1C(=O)N[C@@H](C[C@@H]1CCNC1=O)C(=O)c1nc3ccccc3s1)C2(C(F)(F)F)C(F)(F)F. The zero-order chi connectivity index (χ0) is 34.9. The highest BCUT2D eigenvalue weighted by molar-refractivity contribution is 7.88. The molecule has 0 spiro atoms. The van der Waals surface area contributed by atoms with Crippen LogP contribution in [-0.2, 0) is 24.4 Å². The Bertz CT molecular complexity index is 1660. The van der Waals surface area contributed by atoms with Crippen molar-refractivity contribution in [3.8, 4) is 0 Å². The molecule has 0 unspecified atom stereocenters. The lowest BCUT2D eigenvalue weighted by Gasteiger charge is -2.37. The third-order valence-electron chi connectivity index (χ3n) is 9.09. The van der Waals surface area contributed by atoms with Gasteiger partial charge in [-0.3, -0.25) is 19.2 Å². The number of benzene rings is 1. The lowest BCUT2D eigenvalue weighted by atomic mass is 9.92. The molecule has 258 valence electrons. The highest BCUT2D eigenvalue weighted by Crippen LogP contribution is 2.77. The Kier molecular flexibility index (Phi) is 8.92. The molecule has 11 nitrogen and oxygen atoms in total. The summed E-state index contributed by atoms with van der Waals surface area (Å²) in [4.78, 5) is 58.5. The Morgan fingerprint density at radius 1 is 1.13 bits per heavy atom. The van der Waals surface area contributed by atoms with E-state index in [4.69, 9.17) is 0 Å². The number of nitrogens with zero attached hydrogens (tertiary/aromatic N) is 2. The maximum Gasteiger partial charge on any atom is 0.403 e. The highest BCUT2D eigenvalue weighted by atomic mass is 32.2. The molecule has 19 heteroatoms. The maximum atomic E-state index is 14.3. The van der Waals surface area contributed by atoms with Crippen LogP contribution in [0.2, 0.25) is 0 Å². The van der Waals surface area contributed by atoms with Crippen LogP contribution in [0.25, 0.3) is 10.2 Å². The number of Topliss-reactive ketones (excluding diaryl/α,β-unsaturated/α-hetero) is 1. The summed E-state index contributed by atoms with van der Waals surface area (Å²) in [5, 5.41) is 4.73. The van der Waals surface area contributed by atoms with E-state index in [2.05, 4.69) is 15.6 Å². The fourth-order valence-electron chi connectivity index (χ4n) is 6.88. The second-order valence-corrected chi connectivity index (χ2v) is 15.3. The van der Waals surface area contributed by atoms with E-state index in [1.807, 2.05) is 4.72 Å². The minimum Gasteiger partial charge on any atom is -0.356 e. The molecule has 2 aromatic rings. The van der Waals surface area contributed by atoms with Crippen molar-refractivity contribution < 1.29 is 53.9 Å². The van der Waals surface area contributed by atoms with Crippen LogP contribution in [0.4, 0.5) is 26.3 Å². The van der Waals surface area contributed by atoms with Crippen LogP contribution in [0.1, 0.15) is 36.5 Å². The molecule has 1 saturated carbocycles. The van der Waals surface area contributed by atoms with Gasteiger partial charge in [-0.05, 0) is 30.9 Å². The number of halogens is 6. The average Bonchev–Trinajstić information content (AvgIpc) is 3.28. The smallest absolute Gasteiger partial charge is 0.356 e. The van der Waals surface area contributed by atoms with Crippen LogP contribution in [0.5, 0.6) is 0 Å². The molecule has 0 bridgehead atoms. The molecule has 3 aliphatic rings. The molecule has 1 aromatic heterocycles. The summed E-state index contributed by atoms with van der Waals surface area (Å²) in [6, 6.07) is 1.03. The molecular formula is C28H31F6N5O6S2. The molecule has 3 amide bonds. The number of nitrogens with one attached hydrogen (secondary N) is 3. The first-order chi connectivity index (χ1) is 21.7. The van der Waals surface area contributed by atoms with Gasteiger partial charge >= 0.3 is 12.4 Å². The summed E-state index contributed by atoms with van der Waals surface area (Å²) in [6.07, 6.45) is -11.1. The minimum absolute atomic E-state index is 0.115. The van der Waals surface area contributed by atoms with Gasteiger partial charge in [-0.2, -0.15) is 26.3 Å². The number of amides is 3. The first-order valence-electron chi connectivity index (χ1n) is 14.6. The van der Waals surface area contributed by atoms with Crippen LogP contribution < -0.4 is 15.4 Å². The van der Waals surface area contributed by atoms with Gasteiger partial charge < -0.3 is 15.5 Å². The molecule has 3 fully saturated rings. The van der Waals surface area contributed by atoms with Crippen LogP contribution in [-0.4, -0.2) is 91.6 Å². The first-order valence-corrected chi connectivity index (χ1v) is 17.3. The molecule has 1 aliphatic carbocycles. The monoisotopic (exact) mass is 711 g/mol. The van der Waals surface area contributed by atoms with Crippen molar-refractivity contribution in [1.29, 1.82) is 0 Å². The number of alkyl halides is 6. The van der Waals surface area contributed by atoms with Crippen molar-refractivity contribution >= 4 is 55.1 Å². The van der Waals surface area contributed by atoms with Crippen molar-refractivity contribution in [3.05, 3.63) is 29.3 Å². The largest absolute Gasteiger partial charge is 0.403 e. The second-order valence-electron chi connectivity index (χ2n) is 12.5. The Balaban J connectivity index is 1.53. The number of para-hydroxylation sites is 1. The number of thiazole rings is 1. The van der Waals surface area contributed by atoms with Gasteiger partial charge in [0.25, 0.3) is 0 Å². The number of aromatic nitrogens is 1. The van der Waals surface area contributed by atoms with Gasteiger partial charge in [0.15, 0.2) is 10.4 Å². The van der Waals surface area contributed by atoms with Crippen molar-refractivity contribution in [1.82, 2.24) is 25.2 Å². The average molecular weight is 712 g/mol. The van der Waals surface area contributed by atoms with Crippen molar-refractivity contribution in [2.24, 2.45) is 29.1 Å². The summed E-state index contributed by atoms with van der Waals surface area (Å²) in [6.45, 7) is 1.91. The van der Waals surface area contributed by atoms with E-state index in [9.17, 15) is 53.9 Å². The molecule has 1 aromatic carbocycles. The Labute approximate surface area is 268 Å². The summed E-state index contributed by atoms with van der Waals surface area (Å²) >= 11 is 0.945. The van der Waals surface area contributed by atoms with Gasteiger partial charge in [0.2, 0.25) is 33.5 Å². The molecule has 2 saturated heterocycles. The number of piperidine rings is 1. The number of carbonyl (C=O) groups is 4. The van der Waals surface area contributed by atoms with Gasteiger partial charge in [-0.25, -0.2) is 18.1 Å². The van der Waals surface area contributed by atoms with E-state index in [0.717, 1.165) is 17.6 Å². The highest BCUT2D eigenvalue weighted by Gasteiger charge is 2.93. The zero-order valence-corrected chi connectivity index (χ0v) is 26.7. The van der Waals surface area contributed by atoms with Gasteiger partial charge in [0.05, 0.1) is 22.5 Å². The fourth-order valence-corrected chi connectivity index (χ4v) is 8.67. The number of hydrogen-bond acceptors (Lipinski definition) is 8. The molecule has 0 radical (unpaired) electrons. The molecule has 3 heterocycles. The predicted octanol–water partition coefficient (Wildman–Crippen LogP) is 2.63. The number of sulfonamides is 1. The van der Waals surface area contributed by atoms with Crippen molar-refractivity contribution in [3.63, 3.8) is 0 Å². The minimum atomic E-state index is -5.85. The molecule has 3 N–H and O–H groups in total. The number of rotatable bonds is 10. The van der Waals surface area contributed by atoms with Crippen LogP contribution in [0, 0.1) is 29.1 Å². The number of ketones is 1. The van der Waals surface area contributed by atoms with Gasteiger partial charge in [0.1, 0.15) is 12.1 Å². The predicted molar refractivity (Wildman–Crippen MR) is 155 cm³/mol. The first kappa shape index (κ1) is 35.0.